The summed E-state index contributed by atoms with van der Waals surface area (Å²) in [6.45, 7) is 2.33. The summed E-state index contributed by atoms with van der Waals surface area (Å²) in [6, 6.07) is 26.8. The third kappa shape index (κ3) is 8.84. The molecule has 0 radical (unpaired) electrons. The van der Waals surface area contributed by atoms with Crippen LogP contribution in [0, 0.1) is 5.92 Å². The maximum Gasteiger partial charge on any atom is 0.262 e. The number of carbonyl (C=O) groups excluding carboxylic acids is 2. The molecule has 0 spiro atoms. The van der Waals surface area contributed by atoms with E-state index < -0.39 is 22.0 Å². The minimum absolute atomic E-state index is 0.0473. The number of phenols is 1. The molecule has 1 aliphatic rings. The molecule has 5 N–H and O–H groups in total. The van der Waals surface area contributed by atoms with Crippen LogP contribution in [0.25, 0.3) is 0 Å². The Kier molecular flexibility index (Phi) is 10.3. The zero-order valence-electron chi connectivity index (χ0n) is 24.6. The average molecular weight is 629 g/mol. The van der Waals surface area contributed by atoms with Crippen LogP contribution >= 0.6 is 0 Å². The number of sulfonamides is 1. The molecule has 0 aromatic heterocycles. The van der Waals surface area contributed by atoms with E-state index in [0.717, 1.165) is 31.5 Å². The van der Waals surface area contributed by atoms with Crippen LogP contribution in [-0.4, -0.2) is 51.0 Å². The van der Waals surface area contributed by atoms with Gasteiger partial charge in [-0.1, -0.05) is 42.5 Å². The molecular weight excluding hydrogens is 592 g/mol. The number of rotatable bonds is 12. The smallest absolute Gasteiger partial charge is 0.262 e. The van der Waals surface area contributed by atoms with Crippen molar-refractivity contribution in [2.24, 2.45) is 5.92 Å². The Hall–Kier alpha value is -4.87. The van der Waals surface area contributed by atoms with Crippen LogP contribution in [0.3, 0.4) is 0 Å². The van der Waals surface area contributed by atoms with Crippen LogP contribution in [-0.2, 0) is 21.2 Å². The summed E-state index contributed by atoms with van der Waals surface area (Å²) in [4.78, 5) is 26.4. The number of amides is 2. The largest absolute Gasteiger partial charge is 0.508 e. The minimum atomic E-state index is -4.02. The summed E-state index contributed by atoms with van der Waals surface area (Å²) in [5, 5.41) is 18.7. The van der Waals surface area contributed by atoms with Crippen molar-refractivity contribution in [1.29, 1.82) is 0 Å². The van der Waals surface area contributed by atoms with Gasteiger partial charge in [-0.3, -0.25) is 14.3 Å². The second-order valence-corrected chi connectivity index (χ2v) is 12.6. The van der Waals surface area contributed by atoms with Gasteiger partial charge in [0.15, 0.2) is 5.75 Å². The molecule has 4 aromatic carbocycles. The molecule has 5 rings (SSSR count). The number of hydrogen-bond donors (Lipinski definition) is 5. The van der Waals surface area contributed by atoms with Crippen molar-refractivity contribution in [1.82, 2.24) is 16.0 Å². The fourth-order valence-electron chi connectivity index (χ4n) is 5.02. The highest BCUT2D eigenvalue weighted by atomic mass is 32.2. The van der Waals surface area contributed by atoms with Crippen molar-refractivity contribution < 1.29 is 27.9 Å². The highest BCUT2D eigenvalue weighted by Crippen LogP contribution is 2.31. The van der Waals surface area contributed by atoms with Gasteiger partial charge in [-0.2, -0.15) is 0 Å². The van der Waals surface area contributed by atoms with Gasteiger partial charge in [0, 0.05) is 18.5 Å². The van der Waals surface area contributed by atoms with Crippen molar-refractivity contribution >= 4 is 27.5 Å². The number of benzene rings is 4. The molecule has 1 aliphatic heterocycles. The molecule has 0 aliphatic carbocycles. The first kappa shape index (κ1) is 31.6. The first-order valence-electron chi connectivity index (χ1n) is 14.8. The quantitative estimate of drug-likeness (QED) is 0.156. The average Bonchev–Trinajstić information content (AvgIpc) is 3.06. The third-order valence-corrected chi connectivity index (χ3v) is 8.93. The summed E-state index contributed by atoms with van der Waals surface area (Å²) >= 11 is 0. The number of anilines is 1. The van der Waals surface area contributed by atoms with Crippen molar-refractivity contribution in [3.63, 3.8) is 0 Å². The first-order chi connectivity index (χ1) is 21.8. The van der Waals surface area contributed by atoms with Gasteiger partial charge in [0.05, 0.1) is 10.6 Å². The fraction of sp³-hybridized carbons (Fsp3) is 0.235. The number of hydrogen-bond acceptors (Lipinski definition) is 7. The normalized spacial score (nSPS) is 14.2. The van der Waals surface area contributed by atoms with Crippen molar-refractivity contribution in [2.45, 2.75) is 30.2 Å². The Morgan fingerprint density at radius 2 is 1.53 bits per heavy atom. The second kappa shape index (κ2) is 14.7. The Bertz CT molecular complexity index is 1690. The molecule has 1 fully saturated rings. The zero-order valence-corrected chi connectivity index (χ0v) is 25.4. The minimum Gasteiger partial charge on any atom is -0.508 e. The summed E-state index contributed by atoms with van der Waals surface area (Å²) in [5.74, 6) is 0.528. The predicted molar refractivity (Wildman–Crippen MR) is 172 cm³/mol. The van der Waals surface area contributed by atoms with E-state index in [9.17, 15) is 23.1 Å². The zero-order chi connectivity index (χ0) is 31.6. The number of ether oxygens (including phenoxy) is 1. The molecule has 4 aromatic rings. The highest BCUT2D eigenvalue weighted by molar-refractivity contribution is 7.92. The van der Waals surface area contributed by atoms with Crippen LogP contribution < -0.4 is 25.4 Å². The monoisotopic (exact) mass is 628 g/mol. The second-order valence-electron chi connectivity index (χ2n) is 10.9. The fourth-order valence-corrected chi connectivity index (χ4v) is 6.09. The molecule has 1 atom stereocenters. The van der Waals surface area contributed by atoms with E-state index in [4.69, 9.17) is 4.74 Å². The highest BCUT2D eigenvalue weighted by Gasteiger charge is 2.24. The Labute approximate surface area is 262 Å². The summed E-state index contributed by atoms with van der Waals surface area (Å²) in [6.07, 6.45) is 2.14. The lowest BCUT2D eigenvalue weighted by molar-refractivity contribution is -0.123. The molecule has 0 unspecified atom stereocenters. The standard InChI is InChI=1S/C34H36N4O6S/c39-27-14-10-24(11-15-27)22-31(34(41)36-23-25-18-20-35-21-19-25)37-33(40)26-12-16-29(17-13-26)45(42,43)38-30-8-4-5-9-32(30)44-28-6-2-1-3-7-28/h1-17,25,31,35,38-39H,18-23H2,(H,36,41)(H,37,40)/t31-/m0/s1. The van der Waals surface area contributed by atoms with Gasteiger partial charge in [0.25, 0.3) is 15.9 Å². The third-order valence-electron chi connectivity index (χ3n) is 7.55. The van der Waals surface area contributed by atoms with Gasteiger partial charge >= 0.3 is 0 Å². The lowest BCUT2D eigenvalue weighted by atomic mass is 9.98. The summed E-state index contributed by atoms with van der Waals surface area (Å²) in [5.41, 5.74) is 1.22. The van der Waals surface area contributed by atoms with Gasteiger partial charge in [-0.25, -0.2) is 8.42 Å². The number of piperidine rings is 1. The first-order valence-corrected chi connectivity index (χ1v) is 16.3. The molecule has 0 saturated carbocycles. The topological polar surface area (TPSA) is 146 Å². The molecule has 10 nitrogen and oxygen atoms in total. The number of nitrogens with one attached hydrogen (secondary N) is 4. The van der Waals surface area contributed by atoms with Gasteiger partial charge in [-0.05, 0) is 98.1 Å². The Morgan fingerprint density at radius 1 is 0.867 bits per heavy atom. The van der Waals surface area contributed by atoms with E-state index in [1.54, 1.807) is 48.5 Å². The Morgan fingerprint density at radius 3 is 2.24 bits per heavy atom. The number of aromatic hydroxyl groups is 1. The van der Waals surface area contributed by atoms with Crippen molar-refractivity contribution in [3.8, 4) is 17.2 Å². The number of phenolic OH excluding ortho intramolecular Hbond substituents is 1. The van der Waals surface area contributed by atoms with Gasteiger partial charge < -0.3 is 25.8 Å². The van der Waals surface area contributed by atoms with Crippen LogP contribution in [0.1, 0.15) is 28.8 Å². The van der Waals surface area contributed by atoms with E-state index in [2.05, 4.69) is 20.7 Å². The predicted octanol–water partition coefficient (Wildman–Crippen LogP) is 4.44. The SMILES string of the molecule is O=C(N[C@@H](Cc1ccc(O)cc1)C(=O)NCC1CCNCC1)c1ccc(S(=O)(=O)Nc2ccccc2Oc2ccccc2)cc1. The van der Waals surface area contributed by atoms with Gasteiger partial charge in [0.1, 0.15) is 17.5 Å². The van der Waals surface area contributed by atoms with E-state index in [1.807, 2.05) is 18.2 Å². The Balaban J connectivity index is 1.26. The molecule has 45 heavy (non-hydrogen) atoms. The van der Waals surface area contributed by atoms with Crippen LogP contribution in [0.15, 0.2) is 108 Å². The van der Waals surface area contributed by atoms with E-state index in [-0.39, 0.29) is 34.2 Å². The van der Waals surface area contributed by atoms with Gasteiger partial charge in [-0.15, -0.1) is 0 Å². The maximum absolute atomic E-state index is 13.3. The molecular formula is C34H36N4O6S. The molecule has 11 heteroatoms. The lowest BCUT2D eigenvalue weighted by Gasteiger charge is -2.24. The van der Waals surface area contributed by atoms with E-state index >= 15 is 0 Å². The number of carbonyl (C=O) groups is 2. The van der Waals surface area contributed by atoms with E-state index in [0.29, 0.717) is 24.0 Å². The molecule has 2 amide bonds. The lowest BCUT2D eigenvalue weighted by Crippen LogP contribution is -2.49. The molecule has 1 saturated heterocycles. The molecule has 0 bridgehead atoms. The van der Waals surface area contributed by atoms with Gasteiger partial charge in [0.2, 0.25) is 5.91 Å². The summed E-state index contributed by atoms with van der Waals surface area (Å²) < 4.78 is 34.9. The van der Waals surface area contributed by atoms with E-state index in [1.165, 1.54) is 36.4 Å². The van der Waals surface area contributed by atoms with Crippen LogP contribution in [0.2, 0.25) is 0 Å². The van der Waals surface area contributed by atoms with Crippen LogP contribution in [0.4, 0.5) is 5.69 Å². The number of para-hydroxylation sites is 3. The van der Waals surface area contributed by atoms with Crippen LogP contribution in [0.5, 0.6) is 17.2 Å². The maximum atomic E-state index is 13.3. The van der Waals surface area contributed by atoms with Crippen molar-refractivity contribution in [3.05, 3.63) is 114 Å². The molecule has 234 valence electrons. The van der Waals surface area contributed by atoms with Crippen molar-refractivity contribution in [2.75, 3.05) is 24.4 Å². The molecule has 1 heterocycles. The summed E-state index contributed by atoms with van der Waals surface area (Å²) in [7, 11) is -4.02.